The summed E-state index contributed by atoms with van der Waals surface area (Å²) in [4.78, 5) is 12.3. The monoisotopic (exact) mass is 365 g/mol. The summed E-state index contributed by atoms with van der Waals surface area (Å²) in [6.45, 7) is 0. The van der Waals surface area contributed by atoms with Crippen molar-refractivity contribution in [1.29, 1.82) is 0 Å². The molecule has 4 nitrogen and oxygen atoms in total. The Morgan fingerprint density at radius 2 is 1.65 bits per heavy atom. The fraction of sp³-hybridized carbons (Fsp3) is 0. The first-order valence-electron chi connectivity index (χ1n) is 6.61. The number of rotatable bonds is 3. The Labute approximate surface area is 147 Å². The van der Waals surface area contributed by atoms with Gasteiger partial charge in [-0.3, -0.25) is 9.89 Å². The van der Waals surface area contributed by atoms with Gasteiger partial charge in [-0.2, -0.15) is 5.10 Å². The number of carbonyl (C=O) groups excluding carboxylic acids is 1. The molecule has 0 radical (unpaired) electrons. The minimum atomic E-state index is -0.359. The number of H-pyrrole nitrogens is 1. The minimum Gasteiger partial charge on any atom is -0.319 e. The van der Waals surface area contributed by atoms with E-state index in [9.17, 15) is 4.79 Å². The Kier molecular flexibility index (Phi) is 4.57. The molecule has 0 aliphatic heterocycles. The quantitative estimate of drug-likeness (QED) is 0.661. The van der Waals surface area contributed by atoms with Crippen molar-refractivity contribution in [3.63, 3.8) is 0 Å². The fourth-order valence-corrected chi connectivity index (χ4v) is 2.45. The zero-order chi connectivity index (χ0) is 16.4. The molecule has 7 heteroatoms. The number of halogens is 3. The average Bonchev–Trinajstić information content (AvgIpc) is 3.02. The second-order valence-corrected chi connectivity index (χ2v) is 6.03. The highest BCUT2D eigenvalue weighted by Crippen LogP contribution is 2.26. The lowest BCUT2D eigenvalue weighted by atomic mass is 10.1. The fourth-order valence-electron chi connectivity index (χ4n) is 1.99. The number of hydrogen-bond acceptors (Lipinski definition) is 2. The standard InChI is InChI=1S/C16H10Cl3N3O/c17-10-3-1-9(2-4-10)13-8-15(22-21-13)16(23)20-14-7-11(18)5-6-12(14)19/h1-8H,(H,20,23)(H,21,22). The molecule has 0 unspecified atom stereocenters. The Balaban J connectivity index is 1.81. The maximum atomic E-state index is 12.3. The van der Waals surface area contributed by atoms with Gasteiger partial charge in [0, 0.05) is 15.6 Å². The van der Waals surface area contributed by atoms with Crippen LogP contribution in [0.3, 0.4) is 0 Å². The van der Waals surface area contributed by atoms with Crippen molar-refractivity contribution < 1.29 is 4.79 Å². The molecule has 23 heavy (non-hydrogen) atoms. The highest BCUT2D eigenvalue weighted by molar-refractivity contribution is 6.35. The summed E-state index contributed by atoms with van der Waals surface area (Å²) in [6, 6.07) is 13.7. The molecule has 3 rings (SSSR count). The Bertz CT molecular complexity index is 859. The highest BCUT2D eigenvalue weighted by Gasteiger charge is 2.13. The molecule has 0 saturated carbocycles. The van der Waals surface area contributed by atoms with Crippen molar-refractivity contribution in [2.45, 2.75) is 0 Å². The third kappa shape index (κ3) is 3.67. The van der Waals surface area contributed by atoms with Crippen molar-refractivity contribution >= 4 is 46.4 Å². The smallest absolute Gasteiger partial charge is 0.273 e. The topological polar surface area (TPSA) is 57.8 Å². The molecule has 0 spiro atoms. The average molecular weight is 367 g/mol. The molecule has 0 atom stereocenters. The Morgan fingerprint density at radius 3 is 2.39 bits per heavy atom. The van der Waals surface area contributed by atoms with Crippen LogP contribution in [-0.4, -0.2) is 16.1 Å². The molecule has 1 aromatic heterocycles. The van der Waals surface area contributed by atoms with Crippen LogP contribution in [0.25, 0.3) is 11.3 Å². The largest absolute Gasteiger partial charge is 0.319 e. The summed E-state index contributed by atoms with van der Waals surface area (Å²) < 4.78 is 0. The second-order valence-electron chi connectivity index (χ2n) is 4.75. The third-order valence-electron chi connectivity index (χ3n) is 3.14. The van der Waals surface area contributed by atoms with E-state index in [-0.39, 0.29) is 5.91 Å². The lowest BCUT2D eigenvalue weighted by molar-refractivity contribution is 0.102. The van der Waals surface area contributed by atoms with Gasteiger partial charge in [-0.15, -0.1) is 0 Å². The SMILES string of the molecule is O=C(Nc1cc(Cl)ccc1Cl)c1cc(-c2ccc(Cl)cc2)n[nH]1. The predicted octanol–water partition coefficient (Wildman–Crippen LogP) is 5.29. The molecule has 0 fully saturated rings. The number of nitrogens with zero attached hydrogens (tertiary/aromatic N) is 1. The van der Waals surface area contributed by atoms with Crippen LogP contribution in [0.1, 0.15) is 10.5 Å². The normalized spacial score (nSPS) is 10.6. The van der Waals surface area contributed by atoms with Gasteiger partial charge >= 0.3 is 0 Å². The van der Waals surface area contributed by atoms with Crippen LogP contribution in [0.2, 0.25) is 15.1 Å². The minimum absolute atomic E-state index is 0.311. The summed E-state index contributed by atoms with van der Waals surface area (Å²) in [7, 11) is 0. The number of aromatic amines is 1. The van der Waals surface area contributed by atoms with Crippen LogP contribution < -0.4 is 5.32 Å². The summed E-state index contributed by atoms with van der Waals surface area (Å²) in [5, 5.41) is 11.0. The van der Waals surface area contributed by atoms with Gasteiger partial charge in [0.2, 0.25) is 0 Å². The van der Waals surface area contributed by atoms with Crippen LogP contribution in [0.15, 0.2) is 48.5 Å². The van der Waals surface area contributed by atoms with Crippen LogP contribution in [0, 0.1) is 0 Å². The zero-order valence-electron chi connectivity index (χ0n) is 11.6. The third-order valence-corrected chi connectivity index (χ3v) is 3.96. The molecule has 0 aliphatic rings. The van der Waals surface area contributed by atoms with Crippen LogP contribution >= 0.6 is 34.8 Å². The van der Waals surface area contributed by atoms with Crippen molar-refractivity contribution in [1.82, 2.24) is 10.2 Å². The summed E-state index contributed by atoms with van der Waals surface area (Å²) >= 11 is 17.8. The van der Waals surface area contributed by atoms with Gasteiger partial charge in [-0.1, -0.05) is 46.9 Å². The van der Waals surface area contributed by atoms with E-state index in [2.05, 4.69) is 15.5 Å². The van der Waals surface area contributed by atoms with Crippen molar-refractivity contribution in [2.24, 2.45) is 0 Å². The van der Waals surface area contributed by atoms with E-state index in [1.165, 1.54) is 0 Å². The number of aromatic nitrogens is 2. The molecule has 2 aromatic carbocycles. The predicted molar refractivity (Wildman–Crippen MR) is 93.4 cm³/mol. The Morgan fingerprint density at radius 1 is 0.957 bits per heavy atom. The van der Waals surface area contributed by atoms with Crippen LogP contribution in [0.4, 0.5) is 5.69 Å². The molecule has 3 aromatic rings. The lowest BCUT2D eigenvalue weighted by Gasteiger charge is -2.06. The maximum absolute atomic E-state index is 12.3. The van der Waals surface area contributed by atoms with E-state index in [0.717, 1.165) is 5.56 Å². The van der Waals surface area contributed by atoms with E-state index in [4.69, 9.17) is 34.8 Å². The van der Waals surface area contributed by atoms with Gasteiger partial charge in [0.25, 0.3) is 5.91 Å². The van der Waals surface area contributed by atoms with E-state index in [0.29, 0.717) is 32.1 Å². The molecule has 2 N–H and O–H groups in total. The van der Waals surface area contributed by atoms with Gasteiger partial charge in [0.05, 0.1) is 16.4 Å². The number of carbonyl (C=O) groups is 1. The molecular formula is C16H10Cl3N3O. The van der Waals surface area contributed by atoms with Crippen LogP contribution in [0.5, 0.6) is 0 Å². The first-order valence-corrected chi connectivity index (χ1v) is 7.74. The number of hydrogen-bond donors (Lipinski definition) is 2. The first-order chi connectivity index (χ1) is 11.0. The van der Waals surface area contributed by atoms with Gasteiger partial charge in [0.15, 0.2) is 0 Å². The molecule has 0 aliphatic carbocycles. The van der Waals surface area contributed by atoms with Crippen LogP contribution in [-0.2, 0) is 0 Å². The maximum Gasteiger partial charge on any atom is 0.273 e. The van der Waals surface area contributed by atoms with E-state index < -0.39 is 0 Å². The van der Waals surface area contributed by atoms with Gasteiger partial charge in [-0.05, 0) is 36.4 Å². The van der Waals surface area contributed by atoms with Crippen molar-refractivity contribution in [3.05, 3.63) is 69.3 Å². The van der Waals surface area contributed by atoms with Crippen molar-refractivity contribution in [3.8, 4) is 11.3 Å². The summed E-state index contributed by atoms with van der Waals surface area (Å²) in [5.41, 5.74) is 2.24. The Hall–Kier alpha value is -2.01. The van der Waals surface area contributed by atoms with E-state index in [1.54, 1.807) is 36.4 Å². The highest BCUT2D eigenvalue weighted by atomic mass is 35.5. The number of benzene rings is 2. The zero-order valence-corrected chi connectivity index (χ0v) is 13.9. The molecule has 0 saturated heterocycles. The number of anilines is 1. The molecule has 0 bridgehead atoms. The van der Waals surface area contributed by atoms with Gasteiger partial charge in [0.1, 0.15) is 5.69 Å². The van der Waals surface area contributed by atoms with E-state index >= 15 is 0 Å². The lowest BCUT2D eigenvalue weighted by Crippen LogP contribution is -2.12. The van der Waals surface area contributed by atoms with Crippen molar-refractivity contribution in [2.75, 3.05) is 5.32 Å². The molecule has 116 valence electrons. The van der Waals surface area contributed by atoms with Gasteiger partial charge < -0.3 is 5.32 Å². The summed E-state index contributed by atoms with van der Waals surface area (Å²) in [6.07, 6.45) is 0. The second kappa shape index (κ2) is 6.62. The van der Waals surface area contributed by atoms with Gasteiger partial charge in [-0.25, -0.2) is 0 Å². The molecule has 1 amide bonds. The molecular weight excluding hydrogens is 357 g/mol. The van der Waals surface area contributed by atoms with E-state index in [1.807, 2.05) is 12.1 Å². The number of amides is 1. The first kappa shape index (κ1) is 15.9. The summed E-state index contributed by atoms with van der Waals surface area (Å²) in [5.74, 6) is -0.359. The molecule has 1 heterocycles. The number of nitrogens with one attached hydrogen (secondary N) is 2.